The Balaban J connectivity index is 4.74. The van der Waals surface area contributed by atoms with Gasteiger partial charge in [-0.25, -0.2) is 0 Å². The first-order valence-corrected chi connectivity index (χ1v) is 5.36. The average Bonchev–Trinajstić information content (AvgIpc) is 2.14. The van der Waals surface area contributed by atoms with Gasteiger partial charge in [-0.2, -0.15) is 0 Å². The van der Waals surface area contributed by atoms with Crippen LogP contribution in [0.1, 0.15) is 41.0 Å². The van der Waals surface area contributed by atoms with E-state index in [9.17, 15) is 0 Å². The summed E-state index contributed by atoms with van der Waals surface area (Å²) in [6.07, 6.45) is 4.82. The van der Waals surface area contributed by atoms with Crippen LogP contribution in [0.2, 0.25) is 0 Å². The molecule has 0 bridgehead atoms. The molecule has 0 saturated carbocycles. The molecule has 0 radical (unpaired) electrons. The third kappa shape index (κ3) is 4.32. The van der Waals surface area contributed by atoms with Crippen LogP contribution in [-0.4, -0.2) is 10.9 Å². The second kappa shape index (κ2) is 5.74. The molecule has 1 N–H and O–H groups in total. The van der Waals surface area contributed by atoms with Crippen LogP contribution in [0.25, 0.3) is 0 Å². The molecular weight excluding hydrogens is 186 g/mol. The standard InChI is InChI=1S/C13H23NO/c1-7-11(4)8-9-13(5,6)12(14-15)10(2)3/h7-8,10,15H,1,9H2,2-6H3. The maximum Gasteiger partial charge on any atom is 0.0655 e. The number of allylic oxidation sites excluding steroid dienone is 3. The van der Waals surface area contributed by atoms with Crippen LogP contribution in [0.3, 0.4) is 0 Å². The van der Waals surface area contributed by atoms with Gasteiger partial charge in [-0.3, -0.25) is 0 Å². The lowest BCUT2D eigenvalue weighted by Gasteiger charge is -2.26. The van der Waals surface area contributed by atoms with E-state index < -0.39 is 0 Å². The Bertz CT molecular complexity index is 272. The number of hydrogen-bond acceptors (Lipinski definition) is 2. The topological polar surface area (TPSA) is 32.6 Å². The summed E-state index contributed by atoms with van der Waals surface area (Å²) in [7, 11) is 0. The summed E-state index contributed by atoms with van der Waals surface area (Å²) >= 11 is 0. The summed E-state index contributed by atoms with van der Waals surface area (Å²) in [6.45, 7) is 14.0. The van der Waals surface area contributed by atoms with Gasteiger partial charge < -0.3 is 5.21 Å². The zero-order valence-electron chi connectivity index (χ0n) is 10.5. The van der Waals surface area contributed by atoms with E-state index in [1.54, 1.807) is 0 Å². The van der Waals surface area contributed by atoms with Crippen LogP contribution in [0, 0.1) is 11.3 Å². The molecule has 0 atom stereocenters. The van der Waals surface area contributed by atoms with E-state index in [4.69, 9.17) is 5.21 Å². The third-order valence-corrected chi connectivity index (χ3v) is 2.60. The van der Waals surface area contributed by atoms with Crippen molar-refractivity contribution in [3.63, 3.8) is 0 Å². The van der Waals surface area contributed by atoms with Gasteiger partial charge in [0.1, 0.15) is 0 Å². The van der Waals surface area contributed by atoms with Gasteiger partial charge in [-0.1, -0.05) is 57.2 Å². The van der Waals surface area contributed by atoms with Crippen LogP contribution in [-0.2, 0) is 0 Å². The zero-order valence-corrected chi connectivity index (χ0v) is 10.5. The summed E-state index contributed by atoms with van der Waals surface area (Å²) in [5.74, 6) is 0.266. The Morgan fingerprint density at radius 3 is 2.33 bits per heavy atom. The molecule has 0 rings (SSSR count). The molecule has 0 aliphatic carbocycles. The Morgan fingerprint density at radius 2 is 2.00 bits per heavy atom. The number of oxime groups is 1. The average molecular weight is 209 g/mol. The van der Waals surface area contributed by atoms with Crippen molar-refractivity contribution in [2.75, 3.05) is 0 Å². The molecule has 0 aromatic carbocycles. The molecule has 86 valence electrons. The van der Waals surface area contributed by atoms with Crippen LogP contribution < -0.4 is 0 Å². The molecule has 0 aliphatic rings. The number of hydrogen-bond donors (Lipinski definition) is 1. The highest BCUT2D eigenvalue weighted by Gasteiger charge is 2.26. The lowest BCUT2D eigenvalue weighted by molar-refractivity contribution is 0.303. The highest BCUT2D eigenvalue weighted by Crippen LogP contribution is 2.27. The van der Waals surface area contributed by atoms with E-state index in [0.29, 0.717) is 0 Å². The first-order valence-electron chi connectivity index (χ1n) is 5.36. The third-order valence-electron chi connectivity index (χ3n) is 2.60. The van der Waals surface area contributed by atoms with Gasteiger partial charge in [0.25, 0.3) is 0 Å². The maximum absolute atomic E-state index is 9.00. The highest BCUT2D eigenvalue weighted by molar-refractivity contribution is 5.90. The summed E-state index contributed by atoms with van der Waals surface area (Å²) in [6, 6.07) is 0. The predicted octanol–water partition coefficient (Wildman–Crippen LogP) is 4.02. The van der Waals surface area contributed by atoms with Gasteiger partial charge in [-0.05, 0) is 19.3 Å². The molecule has 0 fully saturated rings. The smallest absolute Gasteiger partial charge is 0.0655 e. The van der Waals surface area contributed by atoms with Crippen molar-refractivity contribution in [1.82, 2.24) is 0 Å². The number of nitrogens with zero attached hydrogens (tertiary/aromatic N) is 1. The quantitative estimate of drug-likeness (QED) is 0.315. The first kappa shape index (κ1) is 13.9. The highest BCUT2D eigenvalue weighted by atomic mass is 16.4. The van der Waals surface area contributed by atoms with Crippen LogP contribution in [0.4, 0.5) is 0 Å². The molecule has 0 saturated heterocycles. The minimum atomic E-state index is -0.104. The fourth-order valence-electron chi connectivity index (χ4n) is 1.64. The Hall–Kier alpha value is -1.05. The van der Waals surface area contributed by atoms with Crippen LogP contribution >= 0.6 is 0 Å². The van der Waals surface area contributed by atoms with Gasteiger partial charge >= 0.3 is 0 Å². The molecule has 0 aromatic heterocycles. The lowest BCUT2D eigenvalue weighted by atomic mass is 9.78. The Morgan fingerprint density at radius 1 is 1.47 bits per heavy atom. The molecule has 0 unspecified atom stereocenters. The van der Waals surface area contributed by atoms with Gasteiger partial charge in [0.05, 0.1) is 5.71 Å². The fourth-order valence-corrected chi connectivity index (χ4v) is 1.64. The van der Waals surface area contributed by atoms with Crippen molar-refractivity contribution < 1.29 is 5.21 Å². The second-order valence-electron chi connectivity index (χ2n) is 4.88. The van der Waals surface area contributed by atoms with Gasteiger partial charge in [-0.15, -0.1) is 0 Å². The van der Waals surface area contributed by atoms with Crippen LogP contribution in [0.15, 0.2) is 29.5 Å². The molecule has 0 aliphatic heterocycles. The van der Waals surface area contributed by atoms with Gasteiger partial charge in [0.15, 0.2) is 0 Å². The van der Waals surface area contributed by atoms with Gasteiger partial charge in [0, 0.05) is 5.41 Å². The first-order chi connectivity index (χ1) is 6.85. The Kier molecular flexibility index (Phi) is 5.34. The fraction of sp³-hybridized carbons (Fsp3) is 0.615. The van der Waals surface area contributed by atoms with E-state index in [1.807, 2.05) is 26.8 Å². The van der Waals surface area contributed by atoms with E-state index in [2.05, 4.69) is 31.7 Å². The minimum Gasteiger partial charge on any atom is -0.411 e. The van der Waals surface area contributed by atoms with Crippen LogP contribution in [0.5, 0.6) is 0 Å². The SMILES string of the molecule is C=CC(C)=CCC(C)(C)C(=NO)C(C)C. The van der Waals surface area contributed by atoms with Crippen molar-refractivity contribution >= 4 is 5.71 Å². The van der Waals surface area contributed by atoms with Crippen molar-refractivity contribution in [2.45, 2.75) is 41.0 Å². The summed E-state index contributed by atoms with van der Waals surface area (Å²) < 4.78 is 0. The van der Waals surface area contributed by atoms with E-state index in [0.717, 1.165) is 17.7 Å². The summed E-state index contributed by atoms with van der Waals surface area (Å²) in [5.41, 5.74) is 1.90. The predicted molar refractivity (Wildman–Crippen MR) is 66.4 cm³/mol. The van der Waals surface area contributed by atoms with E-state index in [-0.39, 0.29) is 11.3 Å². The second-order valence-corrected chi connectivity index (χ2v) is 4.88. The maximum atomic E-state index is 9.00. The van der Waals surface area contributed by atoms with Crippen molar-refractivity contribution in [2.24, 2.45) is 16.5 Å². The van der Waals surface area contributed by atoms with Crippen molar-refractivity contribution in [3.05, 3.63) is 24.3 Å². The molecule has 2 nitrogen and oxygen atoms in total. The largest absolute Gasteiger partial charge is 0.411 e. The van der Waals surface area contributed by atoms with E-state index in [1.165, 1.54) is 0 Å². The lowest BCUT2D eigenvalue weighted by Crippen LogP contribution is -2.28. The molecule has 0 aromatic rings. The van der Waals surface area contributed by atoms with Crippen molar-refractivity contribution in [3.8, 4) is 0 Å². The molecular formula is C13H23NO. The molecule has 15 heavy (non-hydrogen) atoms. The van der Waals surface area contributed by atoms with Gasteiger partial charge in [0.2, 0.25) is 0 Å². The normalized spacial score (nSPS) is 14.5. The summed E-state index contributed by atoms with van der Waals surface area (Å²) in [5, 5.41) is 12.4. The zero-order chi connectivity index (χ0) is 12.1. The molecule has 0 amide bonds. The van der Waals surface area contributed by atoms with Crippen molar-refractivity contribution in [1.29, 1.82) is 0 Å². The monoisotopic (exact) mass is 209 g/mol. The minimum absolute atomic E-state index is 0.104. The Labute approximate surface area is 93.4 Å². The molecule has 0 heterocycles. The molecule has 2 heteroatoms. The molecule has 0 spiro atoms. The number of rotatable bonds is 5. The summed E-state index contributed by atoms with van der Waals surface area (Å²) in [4.78, 5) is 0. The van der Waals surface area contributed by atoms with E-state index >= 15 is 0 Å².